The van der Waals surface area contributed by atoms with Crippen molar-refractivity contribution in [2.24, 2.45) is 0 Å². The molecule has 2 aromatic carbocycles. The van der Waals surface area contributed by atoms with Crippen molar-refractivity contribution in [3.63, 3.8) is 0 Å². The van der Waals surface area contributed by atoms with E-state index in [1.807, 2.05) is 54.7 Å². The normalized spacial score (nSPS) is 15.1. The summed E-state index contributed by atoms with van der Waals surface area (Å²) < 4.78 is 10.6. The molecule has 1 aromatic heterocycles. The Morgan fingerprint density at radius 3 is 2.44 bits per heavy atom. The van der Waals surface area contributed by atoms with Crippen LogP contribution in [-0.4, -0.2) is 17.0 Å². The van der Waals surface area contributed by atoms with Crippen LogP contribution in [-0.2, 0) is 22.4 Å². The van der Waals surface area contributed by atoms with Crippen LogP contribution in [0.1, 0.15) is 22.6 Å². The summed E-state index contributed by atoms with van der Waals surface area (Å²) in [5.74, 6) is 0.975. The summed E-state index contributed by atoms with van der Waals surface area (Å²) in [5.41, 5.74) is 4.24. The number of alkyl carbamates (subject to hydrolysis) is 1. The molecule has 1 fully saturated rings. The summed E-state index contributed by atoms with van der Waals surface area (Å²) in [5, 5.41) is 2.04. The van der Waals surface area contributed by atoms with Gasteiger partial charge in [0, 0.05) is 5.56 Å². The molecule has 0 aliphatic carbocycles. The van der Waals surface area contributed by atoms with Crippen LogP contribution in [0, 0.1) is 6.92 Å². The highest BCUT2D eigenvalue weighted by Gasteiger charge is 2.25. The molecule has 2 heterocycles. The number of carbonyl (C=O) groups is 2. The van der Waals surface area contributed by atoms with Crippen molar-refractivity contribution in [1.29, 1.82) is 0 Å². The molecule has 6 nitrogen and oxygen atoms in total. The molecular weight excluding hydrogens is 404 g/mol. The summed E-state index contributed by atoms with van der Waals surface area (Å²) in [6, 6.07) is 18.2. The Kier molecular flexibility index (Phi) is 6.41. The topological polar surface area (TPSA) is 81.4 Å². The smallest absolute Gasteiger partial charge is 0.419 e. The van der Waals surface area contributed by atoms with Gasteiger partial charge in [0.15, 0.2) is 5.76 Å². The van der Waals surface area contributed by atoms with Gasteiger partial charge in [-0.3, -0.25) is 10.1 Å². The van der Waals surface area contributed by atoms with E-state index in [9.17, 15) is 9.59 Å². The van der Waals surface area contributed by atoms with Crippen molar-refractivity contribution in [2.75, 3.05) is 0 Å². The number of imide groups is 1. The molecule has 1 N–H and O–H groups in total. The van der Waals surface area contributed by atoms with Gasteiger partial charge in [-0.15, -0.1) is 0 Å². The zero-order valence-corrected chi connectivity index (χ0v) is 17.6. The second kappa shape index (κ2) is 9.75. The molecule has 0 spiro atoms. The summed E-state index contributed by atoms with van der Waals surface area (Å²) in [6.07, 6.45) is 9.59. The fraction of sp³-hybridized carbons (Fsp3) is 0.115. The van der Waals surface area contributed by atoms with E-state index in [1.165, 1.54) is 11.6 Å². The Hall–Kier alpha value is -4.19. The lowest BCUT2D eigenvalue weighted by molar-refractivity contribution is -0.116. The lowest BCUT2D eigenvalue weighted by Gasteiger charge is -2.01. The van der Waals surface area contributed by atoms with Crippen LogP contribution in [0.2, 0.25) is 0 Å². The van der Waals surface area contributed by atoms with Gasteiger partial charge in [-0.2, -0.15) is 0 Å². The van der Waals surface area contributed by atoms with Gasteiger partial charge in [0.25, 0.3) is 5.91 Å². The van der Waals surface area contributed by atoms with E-state index in [0.29, 0.717) is 5.89 Å². The molecule has 1 saturated heterocycles. The van der Waals surface area contributed by atoms with Crippen molar-refractivity contribution in [1.82, 2.24) is 10.3 Å². The third-order valence-electron chi connectivity index (χ3n) is 4.94. The number of rotatable bonds is 7. The molecule has 3 aromatic rings. The standard InChI is InChI=1S/C26H22N2O4/c1-18-22(27-25(31-18)21-9-5-3-6-10-21)17-16-20-14-12-19(13-15-20)8-4-2-7-11-23-24(29)28-26(30)32-23/h2-15H,16-17H2,1H3,(H,28,29,30)/b7-2+,8-4+,23-11?. The first kappa shape index (κ1) is 21.1. The lowest BCUT2D eigenvalue weighted by atomic mass is 10.1. The van der Waals surface area contributed by atoms with Gasteiger partial charge in [-0.1, -0.05) is 66.8 Å². The number of carbonyl (C=O) groups excluding carboxylic acids is 2. The van der Waals surface area contributed by atoms with E-state index >= 15 is 0 Å². The summed E-state index contributed by atoms with van der Waals surface area (Å²) >= 11 is 0. The molecule has 0 radical (unpaired) electrons. The van der Waals surface area contributed by atoms with E-state index in [2.05, 4.69) is 29.2 Å². The van der Waals surface area contributed by atoms with E-state index in [-0.39, 0.29) is 5.76 Å². The molecule has 0 saturated carbocycles. The fourth-order valence-corrected chi connectivity index (χ4v) is 3.23. The third-order valence-corrected chi connectivity index (χ3v) is 4.94. The molecule has 1 aliphatic rings. The Morgan fingerprint density at radius 2 is 1.72 bits per heavy atom. The average Bonchev–Trinajstić information content (AvgIpc) is 3.34. The van der Waals surface area contributed by atoms with Crippen LogP contribution in [0.4, 0.5) is 4.79 Å². The highest BCUT2D eigenvalue weighted by atomic mass is 16.6. The number of aryl methyl sites for hydroxylation is 3. The molecule has 2 amide bonds. The summed E-state index contributed by atoms with van der Waals surface area (Å²) in [7, 11) is 0. The maximum atomic E-state index is 11.3. The molecule has 1 aliphatic heterocycles. The largest absolute Gasteiger partial charge is 0.441 e. The fourth-order valence-electron chi connectivity index (χ4n) is 3.23. The molecule has 4 rings (SSSR count). The van der Waals surface area contributed by atoms with Crippen LogP contribution in [0.3, 0.4) is 0 Å². The molecule has 0 bridgehead atoms. The maximum Gasteiger partial charge on any atom is 0.419 e. The summed E-state index contributed by atoms with van der Waals surface area (Å²) in [6.45, 7) is 1.95. The second-order valence-electron chi connectivity index (χ2n) is 7.25. The molecule has 0 atom stereocenters. The van der Waals surface area contributed by atoms with Crippen LogP contribution in [0.15, 0.2) is 89.1 Å². The number of amides is 2. The number of ether oxygens (including phenoxy) is 1. The SMILES string of the molecule is Cc1oc(-c2ccccc2)nc1CCc1ccc(/C=C/C=C/C=C2OC(=O)NC2=O)cc1. The number of aromatic nitrogens is 1. The Bertz CT molecular complexity index is 1200. The number of cyclic esters (lactones) is 1. The van der Waals surface area contributed by atoms with E-state index in [0.717, 1.165) is 35.4 Å². The summed E-state index contributed by atoms with van der Waals surface area (Å²) in [4.78, 5) is 26.9. The minimum Gasteiger partial charge on any atom is -0.441 e. The zero-order chi connectivity index (χ0) is 22.3. The van der Waals surface area contributed by atoms with Crippen molar-refractivity contribution < 1.29 is 18.7 Å². The first-order chi connectivity index (χ1) is 15.6. The number of allylic oxidation sites excluding steroid dienone is 4. The van der Waals surface area contributed by atoms with Gasteiger partial charge >= 0.3 is 6.09 Å². The van der Waals surface area contributed by atoms with Gasteiger partial charge in [0.05, 0.1) is 5.69 Å². The van der Waals surface area contributed by atoms with E-state index in [1.54, 1.807) is 12.2 Å². The third kappa shape index (κ3) is 5.29. The Morgan fingerprint density at radius 1 is 0.938 bits per heavy atom. The monoisotopic (exact) mass is 426 g/mol. The Balaban J connectivity index is 1.31. The van der Waals surface area contributed by atoms with Crippen LogP contribution in [0.5, 0.6) is 0 Å². The molecule has 0 unspecified atom stereocenters. The van der Waals surface area contributed by atoms with Crippen LogP contribution < -0.4 is 5.32 Å². The number of benzene rings is 2. The quantitative estimate of drug-likeness (QED) is 0.417. The van der Waals surface area contributed by atoms with E-state index < -0.39 is 12.0 Å². The first-order valence-electron chi connectivity index (χ1n) is 10.3. The van der Waals surface area contributed by atoms with E-state index in [4.69, 9.17) is 9.15 Å². The number of nitrogens with one attached hydrogen (secondary N) is 1. The van der Waals surface area contributed by atoms with Gasteiger partial charge < -0.3 is 9.15 Å². The first-order valence-corrected chi connectivity index (χ1v) is 10.3. The minimum atomic E-state index is -0.749. The second-order valence-corrected chi connectivity index (χ2v) is 7.25. The van der Waals surface area contributed by atoms with Crippen molar-refractivity contribution >= 4 is 18.1 Å². The van der Waals surface area contributed by atoms with Crippen LogP contribution >= 0.6 is 0 Å². The highest BCUT2D eigenvalue weighted by Crippen LogP contribution is 2.22. The Labute approximate surface area is 185 Å². The molecule has 6 heteroatoms. The van der Waals surface area contributed by atoms with Gasteiger partial charge in [-0.25, -0.2) is 9.78 Å². The molecule has 160 valence electrons. The van der Waals surface area contributed by atoms with Crippen molar-refractivity contribution in [3.8, 4) is 11.5 Å². The minimum absolute atomic E-state index is 0.0118. The van der Waals surface area contributed by atoms with Crippen molar-refractivity contribution in [3.05, 3.63) is 107 Å². The van der Waals surface area contributed by atoms with Crippen molar-refractivity contribution in [2.45, 2.75) is 19.8 Å². The lowest BCUT2D eigenvalue weighted by Crippen LogP contribution is -2.18. The average molecular weight is 426 g/mol. The van der Waals surface area contributed by atoms with Crippen LogP contribution in [0.25, 0.3) is 17.5 Å². The molecular formula is C26H22N2O4. The highest BCUT2D eigenvalue weighted by molar-refractivity contribution is 6.07. The number of oxazole rings is 1. The van der Waals surface area contributed by atoms with Gasteiger partial charge in [0.2, 0.25) is 5.89 Å². The van der Waals surface area contributed by atoms with Gasteiger partial charge in [-0.05, 0) is 49.1 Å². The predicted molar refractivity (Wildman–Crippen MR) is 121 cm³/mol. The number of hydrogen-bond acceptors (Lipinski definition) is 5. The number of hydrogen-bond donors (Lipinski definition) is 1. The maximum absolute atomic E-state index is 11.3. The zero-order valence-electron chi connectivity index (χ0n) is 17.6. The molecule has 32 heavy (non-hydrogen) atoms. The number of nitrogens with zero attached hydrogens (tertiary/aromatic N) is 1. The van der Waals surface area contributed by atoms with Gasteiger partial charge in [0.1, 0.15) is 5.76 Å². The predicted octanol–water partition coefficient (Wildman–Crippen LogP) is 5.15.